The van der Waals surface area contributed by atoms with Crippen molar-refractivity contribution in [2.24, 2.45) is 0 Å². The van der Waals surface area contributed by atoms with Crippen molar-refractivity contribution >= 4 is 6.09 Å². The van der Waals surface area contributed by atoms with Gasteiger partial charge in [-0.15, -0.1) is 0 Å². The van der Waals surface area contributed by atoms with Gasteiger partial charge in [-0.05, 0) is 38.5 Å². The molecule has 3 rings (SSSR count). The van der Waals surface area contributed by atoms with Crippen molar-refractivity contribution in [2.75, 3.05) is 19.7 Å². The summed E-state index contributed by atoms with van der Waals surface area (Å²) in [5.41, 5.74) is 0.345. The average Bonchev–Trinajstić information content (AvgIpc) is 2.67. The maximum Gasteiger partial charge on any atom is 0.410 e. The maximum atomic E-state index is 12.5. The topological polar surface area (TPSA) is 68.2 Å². The van der Waals surface area contributed by atoms with Gasteiger partial charge in [0.1, 0.15) is 11.7 Å². The number of nitrogens with zero attached hydrogens (tertiary/aromatic N) is 1. The Morgan fingerprint density at radius 3 is 2.50 bits per heavy atom. The lowest BCUT2D eigenvalue weighted by Crippen LogP contribution is -2.50. The van der Waals surface area contributed by atoms with E-state index in [4.69, 9.17) is 14.2 Å². The first-order valence-corrected chi connectivity index (χ1v) is 9.42. The number of aromatic hydroxyl groups is 1. The Balaban J connectivity index is 1.81. The first kappa shape index (κ1) is 20.0. The predicted molar refractivity (Wildman–Crippen MR) is 105 cm³/mol. The first-order chi connectivity index (χ1) is 13.3. The Hall–Kier alpha value is -2.73. The number of phenolic OH excluding ortho intramolecular Hbond substituents is 1. The lowest BCUT2D eigenvalue weighted by molar-refractivity contribution is -0.0840. The van der Waals surface area contributed by atoms with Crippen LogP contribution in [-0.2, 0) is 9.47 Å². The Bertz CT molecular complexity index is 787. The van der Waals surface area contributed by atoms with Gasteiger partial charge in [0.2, 0.25) is 0 Å². The van der Waals surface area contributed by atoms with Crippen LogP contribution in [0.3, 0.4) is 0 Å². The van der Waals surface area contributed by atoms with Crippen LogP contribution in [0.5, 0.6) is 11.5 Å². The van der Waals surface area contributed by atoms with Crippen LogP contribution >= 0.6 is 0 Å². The molecule has 1 N–H and O–H groups in total. The van der Waals surface area contributed by atoms with E-state index in [-0.39, 0.29) is 11.8 Å². The third-order valence-corrected chi connectivity index (χ3v) is 4.33. The molecule has 1 fully saturated rings. The normalized spacial score (nSPS) is 18.4. The molecule has 6 heteroatoms. The lowest BCUT2D eigenvalue weighted by atomic mass is 10.0. The number of benzene rings is 2. The number of hydrogen-bond acceptors (Lipinski definition) is 5. The fourth-order valence-corrected chi connectivity index (χ4v) is 3.05. The van der Waals surface area contributed by atoms with Gasteiger partial charge in [-0.25, -0.2) is 4.79 Å². The van der Waals surface area contributed by atoms with E-state index in [9.17, 15) is 9.90 Å². The van der Waals surface area contributed by atoms with Gasteiger partial charge in [0, 0.05) is 6.54 Å². The minimum absolute atomic E-state index is 0.0586. The standard InChI is InChI=1S/C22H27NO5/c1-22(2,3)28-21(25)23-13-14-26-19(15-23)20(16-9-5-4-6-10-16)27-18-12-8-7-11-17(18)24/h4-12,19-20,24H,13-15H2,1-3H3/t19?,20-/m0/s1. The summed E-state index contributed by atoms with van der Waals surface area (Å²) in [6.07, 6.45) is -1.25. The van der Waals surface area contributed by atoms with E-state index in [0.717, 1.165) is 5.56 Å². The van der Waals surface area contributed by atoms with Crippen LogP contribution in [0.1, 0.15) is 32.4 Å². The Kier molecular flexibility index (Phi) is 6.09. The third kappa shape index (κ3) is 5.16. The van der Waals surface area contributed by atoms with Crippen molar-refractivity contribution in [3.63, 3.8) is 0 Å². The van der Waals surface area contributed by atoms with Crippen LogP contribution in [0, 0.1) is 0 Å². The molecule has 1 aliphatic rings. The largest absolute Gasteiger partial charge is 0.504 e. The second-order valence-corrected chi connectivity index (χ2v) is 7.75. The highest BCUT2D eigenvalue weighted by atomic mass is 16.6. The summed E-state index contributed by atoms with van der Waals surface area (Å²) in [5, 5.41) is 10.1. The fourth-order valence-electron chi connectivity index (χ4n) is 3.05. The predicted octanol–water partition coefficient (Wildman–Crippen LogP) is 4.15. The summed E-state index contributed by atoms with van der Waals surface area (Å²) >= 11 is 0. The zero-order valence-corrected chi connectivity index (χ0v) is 16.5. The molecule has 0 radical (unpaired) electrons. The molecule has 6 nitrogen and oxygen atoms in total. The van der Waals surface area contributed by atoms with Crippen LogP contribution < -0.4 is 4.74 Å². The molecule has 150 valence electrons. The molecule has 2 aromatic rings. The number of carbonyl (C=O) groups excluding carboxylic acids is 1. The van der Waals surface area contributed by atoms with E-state index in [1.165, 1.54) is 0 Å². The van der Waals surface area contributed by atoms with E-state index in [1.54, 1.807) is 29.2 Å². The first-order valence-electron chi connectivity index (χ1n) is 9.42. The Morgan fingerprint density at radius 1 is 1.14 bits per heavy atom. The van der Waals surface area contributed by atoms with Gasteiger partial charge >= 0.3 is 6.09 Å². The number of ether oxygens (including phenoxy) is 3. The lowest BCUT2D eigenvalue weighted by Gasteiger charge is -2.37. The molecule has 0 spiro atoms. The van der Waals surface area contributed by atoms with Crippen molar-refractivity contribution in [1.29, 1.82) is 0 Å². The molecular weight excluding hydrogens is 358 g/mol. The molecule has 1 unspecified atom stereocenters. The van der Waals surface area contributed by atoms with Gasteiger partial charge < -0.3 is 24.2 Å². The molecule has 0 aliphatic carbocycles. The van der Waals surface area contributed by atoms with E-state index >= 15 is 0 Å². The van der Waals surface area contributed by atoms with E-state index in [0.29, 0.717) is 25.4 Å². The maximum absolute atomic E-state index is 12.5. The molecule has 2 atom stereocenters. The minimum Gasteiger partial charge on any atom is -0.504 e. The molecule has 1 amide bonds. The van der Waals surface area contributed by atoms with Gasteiger partial charge in [0.15, 0.2) is 17.6 Å². The van der Waals surface area contributed by atoms with Gasteiger partial charge in [-0.2, -0.15) is 0 Å². The van der Waals surface area contributed by atoms with Gasteiger partial charge in [0.25, 0.3) is 0 Å². The number of phenols is 1. The second kappa shape index (κ2) is 8.52. The van der Waals surface area contributed by atoms with E-state index in [2.05, 4.69) is 0 Å². The number of rotatable bonds is 4. The summed E-state index contributed by atoms with van der Waals surface area (Å²) in [7, 11) is 0. The van der Waals surface area contributed by atoms with Crippen LogP contribution in [0.15, 0.2) is 54.6 Å². The molecule has 1 heterocycles. The van der Waals surface area contributed by atoms with Crippen LogP contribution in [0.25, 0.3) is 0 Å². The van der Waals surface area contributed by atoms with E-state index in [1.807, 2.05) is 51.1 Å². The summed E-state index contributed by atoms with van der Waals surface area (Å²) in [5.74, 6) is 0.428. The molecular formula is C22H27NO5. The molecule has 0 aromatic heterocycles. The fraction of sp³-hybridized carbons (Fsp3) is 0.409. The van der Waals surface area contributed by atoms with Crippen molar-refractivity contribution in [2.45, 2.75) is 38.6 Å². The molecule has 1 aliphatic heterocycles. The summed E-state index contributed by atoms with van der Waals surface area (Å²) < 4.78 is 17.6. The van der Waals surface area contributed by atoms with Crippen LogP contribution in [-0.4, -0.2) is 47.5 Å². The van der Waals surface area contributed by atoms with Gasteiger partial charge in [-0.3, -0.25) is 0 Å². The summed E-state index contributed by atoms with van der Waals surface area (Å²) in [6, 6.07) is 16.5. The van der Waals surface area contributed by atoms with Gasteiger partial charge in [0.05, 0.1) is 13.2 Å². The summed E-state index contributed by atoms with van der Waals surface area (Å²) in [6.45, 7) is 6.72. The van der Waals surface area contributed by atoms with Crippen LogP contribution in [0.4, 0.5) is 4.79 Å². The zero-order chi connectivity index (χ0) is 20.1. The average molecular weight is 385 g/mol. The van der Waals surface area contributed by atoms with Crippen molar-refractivity contribution in [3.8, 4) is 11.5 Å². The van der Waals surface area contributed by atoms with Crippen molar-refractivity contribution in [3.05, 3.63) is 60.2 Å². The zero-order valence-electron chi connectivity index (χ0n) is 16.5. The Morgan fingerprint density at radius 2 is 1.82 bits per heavy atom. The molecule has 0 saturated carbocycles. The number of para-hydroxylation sites is 2. The van der Waals surface area contributed by atoms with E-state index < -0.39 is 17.8 Å². The monoisotopic (exact) mass is 385 g/mol. The Labute approximate surface area is 165 Å². The van der Waals surface area contributed by atoms with Crippen molar-refractivity contribution < 1.29 is 24.1 Å². The summed E-state index contributed by atoms with van der Waals surface area (Å²) in [4.78, 5) is 14.1. The SMILES string of the molecule is CC(C)(C)OC(=O)N1CCOC([C@@H](Oc2ccccc2O)c2ccccc2)C1. The number of morpholine rings is 1. The third-order valence-electron chi connectivity index (χ3n) is 4.33. The highest BCUT2D eigenvalue weighted by molar-refractivity contribution is 5.68. The minimum atomic E-state index is -0.559. The second-order valence-electron chi connectivity index (χ2n) is 7.75. The highest BCUT2D eigenvalue weighted by Gasteiger charge is 2.34. The number of hydrogen-bond donors (Lipinski definition) is 1. The quantitative estimate of drug-likeness (QED) is 0.856. The molecule has 1 saturated heterocycles. The van der Waals surface area contributed by atoms with Gasteiger partial charge in [-0.1, -0.05) is 42.5 Å². The number of carbonyl (C=O) groups is 1. The van der Waals surface area contributed by atoms with Crippen molar-refractivity contribution in [1.82, 2.24) is 4.90 Å². The van der Waals surface area contributed by atoms with Crippen LogP contribution in [0.2, 0.25) is 0 Å². The highest BCUT2D eigenvalue weighted by Crippen LogP contribution is 2.33. The molecule has 2 aromatic carbocycles. The molecule has 0 bridgehead atoms. The molecule has 28 heavy (non-hydrogen) atoms. The number of amides is 1. The smallest absolute Gasteiger partial charge is 0.410 e.